The first kappa shape index (κ1) is 13.9. The molecule has 7 heteroatoms. The second kappa shape index (κ2) is 5.64. The number of hydrogen-bond acceptors (Lipinski definition) is 4. The molecule has 2 aromatic heterocycles. The van der Waals surface area contributed by atoms with Gasteiger partial charge >= 0.3 is 0 Å². The topological polar surface area (TPSA) is 75.6 Å². The minimum absolute atomic E-state index is 0.00538. The number of carbonyl (C=O) groups excluding carboxylic acids is 1. The van der Waals surface area contributed by atoms with Gasteiger partial charge in [-0.15, -0.1) is 0 Å². The van der Waals surface area contributed by atoms with E-state index in [-0.39, 0.29) is 11.8 Å². The monoisotopic (exact) mass is 281 g/mol. The van der Waals surface area contributed by atoms with E-state index in [0.717, 1.165) is 28.9 Å². The molecule has 6 nitrogen and oxygen atoms in total. The fourth-order valence-corrected chi connectivity index (χ4v) is 2.68. The molecule has 1 atom stereocenters. The van der Waals surface area contributed by atoms with E-state index in [1.54, 1.807) is 16.4 Å². The molecule has 1 amide bonds. The molecule has 2 heterocycles. The standard InChI is InChI=1S/C12H19N5OS/c1-5-8-9-10(13-12(18)7(2)6-19-4)14-15-11(9)17(3)16-8/h7H,5-6H2,1-4H3,(H2,13,14,15,18)/t7-/m0/s1. The Labute approximate surface area is 116 Å². The van der Waals surface area contributed by atoms with Crippen molar-refractivity contribution in [3.63, 3.8) is 0 Å². The molecule has 0 saturated carbocycles. The van der Waals surface area contributed by atoms with Gasteiger partial charge in [-0.2, -0.15) is 22.0 Å². The number of aromatic amines is 1. The number of fused-ring (bicyclic) bond motifs is 1. The summed E-state index contributed by atoms with van der Waals surface area (Å²) in [7, 11) is 1.85. The lowest BCUT2D eigenvalue weighted by atomic mass is 10.2. The molecule has 0 unspecified atom stereocenters. The van der Waals surface area contributed by atoms with E-state index in [2.05, 4.69) is 20.6 Å². The van der Waals surface area contributed by atoms with Crippen molar-refractivity contribution in [2.45, 2.75) is 20.3 Å². The van der Waals surface area contributed by atoms with Gasteiger partial charge in [-0.3, -0.25) is 9.89 Å². The van der Waals surface area contributed by atoms with Crippen LogP contribution in [0, 0.1) is 5.92 Å². The Morgan fingerprint density at radius 2 is 2.32 bits per heavy atom. The van der Waals surface area contributed by atoms with Crippen LogP contribution in [0.15, 0.2) is 0 Å². The van der Waals surface area contributed by atoms with E-state index < -0.39 is 0 Å². The van der Waals surface area contributed by atoms with Gasteiger partial charge in [0.15, 0.2) is 5.65 Å². The Morgan fingerprint density at radius 3 is 2.95 bits per heavy atom. The molecule has 0 bridgehead atoms. The number of anilines is 1. The van der Waals surface area contributed by atoms with Crippen LogP contribution in [0.3, 0.4) is 0 Å². The van der Waals surface area contributed by atoms with E-state index in [4.69, 9.17) is 0 Å². The molecular weight excluding hydrogens is 262 g/mol. The molecule has 0 radical (unpaired) electrons. The van der Waals surface area contributed by atoms with Crippen molar-refractivity contribution in [3.05, 3.63) is 5.69 Å². The van der Waals surface area contributed by atoms with Crippen molar-refractivity contribution in [3.8, 4) is 0 Å². The number of thioether (sulfide) groups is 1. The molecule has 104 valence electrons. The van der Waals surface area contributed by atoms with Crippen LogP contribution in [0.4, 0.5) is 5.82 Å². The summed E-state index contributed by atoms with van der Waals surface area (Å²) >= 11 is 1.66. The number of carbonyl (C=O) groups is 1. The predicted octanol–water partition coefficient (Wildman–Crippen LogP) is 1.80. The zero-order valence-electron chi connectivity index (χ0n) is 11.6. The first-order valence-electron chi connectivity index (χ1n) is 6.28. The number of nitrogens with one attached hydrogen (secondary N) is 2. The van der Waals surface area contributed by atoms with Gasteiger partial charge in [0.05, 0.1) is 11.1 Å². The van der Waals surface area contributed by atoms with Gasteiger partial charge in [0.2, 0.25) is 5.91 Å². The Morgan fingerprint density at radius 1 is 1.58 bits per heavy atom. The van der Waals surface area contributed by atoms with Gasteiger partial charge in [0.1, 0.15) is 5.82 Å². The molecule has 0 saturated heterocycles. The first-order chi connectivity index (χ1) is 9.08. The summed E-state index contributed by atoms with van der Waals surface area (Å²) in [5.41, 5.74) is 1.71. The molecule has 0 aliphatic rings. The Kier molecular flexibility index (Phi) is 4.14. The summed E-state index contributed by atoms with van der Waals surface area (Å²) in [4.78, 5) is 12.1. The number of nitrogens with zero attached hydrogens (tertiary/aromatic N) is 3. The highest BCUT2D eigenvalue weighted by Crippen LogP contribution is 2.24. The normalized spacial score (nSPS) is 12.8. The smallest absolute Gasteiger partial charge is 0.229 e. The van der Waals surface area contributed by atoms with Gasteiger partial charge in [-0.05, 0) is 12.7 Å². The van der Waals surface area contributed by atoms with Crippen molar-refractivity contribution in [1.82, 2.24) is 20.0 Å². The SMILES string of the molecule is CCc1nn(C)c2n[nH]c(NC(=O)[C@@H](C)CSC)c12. The average molecular weight is 281 g/mol. The number of hydrogen-bond donors (Lipinski definition) is 2. The fraction of sp³-hybridized carbons (Fsp3) is 0.583. The summed E-state index contributed by atoms with van der Waals surface area (Å²) in [5.74, 6) is 1.43. The van der Waals surface area contributed by atoms with E-state index in [1.807, 2.05) is 27.2 Å². The van der Waals surface area contributed by atoms with Crippen molar-refractivity contribution >= 4 is 34.5 Å². The Hall–Kier alpha value is -1.50. The van der Waals surface area contributed by atoms with Gasteiger partial charge in [0.25, 0.3) is 0 Å². The van der Waals surface area contributed by atoms with Gasteiger partial charge in [0, 0.05) is 18.7 Å². The van der Waals surface area contributed by atoms with Crippen LogP contribution in [0.1, 0.15) is 19.5 Å². The second-order valence-electron chi connectivity index (χ2n) is 4.57. The maximum atomic E-state index is 12.1. The molecule has 2 N–H and O–H groups in total. The molecule has 0 spiro atoms. The fourth-order valence-electron chi connectivity index (χ4n) is 2.03. The summed E-state index contributed by atoms with van der Waals surface area (Å²) in [6.45, 7) is 3.96. The first-order valence-corrected chi connectivity index (χ1v) is 7.67. The van der Waals surface area contributed by atoms with Crippen LogP contribution in [0.25, 0.3) is 11.0 Å². The third-order valence-electron chi connectivity index (χ3n) is 3.06. The molecule has 0 aliphatic carbocycles. The molecule has 2 rings (SSSR count). The number of H-pyrrole nitrogens is 1. The third-order valence-corrected chi connectivity index (χ3v) is 3.89. The number of aryl methyl sites for hydroxylation is 2. The molecule has 2 aromatic rings. The zero-order valence-corrected chi connectivity index (χ0v) is 12.5. The Balaban J connectivity index is 2.28. The van der Waals surface area contributed by atoms with Gasteiger partial charge in [-0.1, -0.05) is 13.8 Å². The molecule has 0 fully saturated rings. The van der Waals surface area contributed by atoms with Gasteiger partial charge in [-0.25, -0.2) is 4.68 Å². The van der Waals surface area contributed by atoms with Crippen LogP contribution >= 0.6 is 11.8 Å². The number of aromatic nitrogens is 4. The Bertz CT molecular complexity index is 588. The predicted molar refractivity (Wildman–Crippen MR) is 78.4 cm³/mol. The van der Waals surface area contributed by atoms with Crippen LogP contribution in [0.2, 0.25) is 0 Å². The van der Waals surface area contributed by atoms with Crippen LogP contribution < -0.4 is 5.32 Å². The number of rotatable bonds is 5. The molecule has 0 aliphatic heterocycles. The van der Waals surface area contributed by atoms with Crippen molar-refractivity contribution < 1.29 is 4.79 Å². The summed E-state index contributed by atoms with van der Waals surface area (Å²) in [6, 6.07) is 0. The quantitative estimate of drug-likeness (QED) is 0.876. The summed E-state index contributed by atoms with van der Waals surface area (Å²) < 4.78 is 1.73. The maximum Gasteiger partial charge on any atom is 0.229 e. The van der Waals surface area contributed by atoms with E-state index in [1.165, 1.54) is 0 Å². The summed E-state index contributed by atoms with van der Waals surface area (Å²) in [5, 5.41) is 15.3. The largest absolute Gasteiger partial charge is 0.310 e. The highest BCUT2D eigenvalue weighted by Gasteiger charge is 2.19. The summed E-state index contributed by atoms with van der Waals surface area (Å²) in [6.07, 6.45) is 2.80. The van der Waals surface area contributed by atoms with Crippen molar-refractivity contribution in [1.29, 1.82) is 0 Å². The molecular formula is C12H19N5OS. The highest BCUT2D eigenvalue weighted by atomic mass is 32.2. The average Bonchev–Trinajstić information content (AvgIpc) is 2.92. The molecule has 0 aromatic carbocycles. The minimum atomic E-state index is -0.0323. The van der Waals surface area contributed by atoms with E-state index >= 15 is 0 Å². The lowest BCUT2D eigenvalue weighted by molar-refractivity contribution is -0.118. The molecule has 19 heavy (non-hydrogen) atoms. The van der Waals surface area contributed by atoms with Crippen LogP contribution in [0.5, 0.6) is 0 Å². The zero-order chi connectivity index (χ0) is 14.0. The highest BCUT2D eigenvalue weighted by molar-refractivity contribution is 7.98. The van der Waals surface area contributed by atoms with Crippen molar-refractivity contribution in [2.75, 3.05) is 17.3 Å². The van der Waals surface area contributed by atoms with Gasteiger partial charge < -0.3 is 5.32 Å². The lowest BCUT2D eigenvalue weighted by Crippen LogP contribution is -2.22. The lowest BCUT2D eigenvalue weighted by Gasteiger charge is -2.09. The number of amides is 1. The van der Waals surface area contributed by atoms with Crippen LogP contribution in [-0.4, -0.2) is 37.9 Å². The van der Waals surface area contributed by atoms with E-state index in [9.17, 15) is 4.79 Å². The van der Waals surface area contributed by atoms with Crippen LogP contribution in [-0.2, 0) is 18.3 Å². The second-order valence-corrected chi connectivity index (χ2v) is 5.48. The minimum Gasteiger partial charge on any atom is -0.310 e. The third kappa shape index (κ3) is 2.60. The van der Waals surface area contributed by atoms with Crippen molar-refractivity contribution in [2.24, 2.45) is 13.0 Å². The maximum absolute atomic E-state index is 12.1. The van der Waals surface area contributed by atoms with E-state index in [0.29, 0.717) is 5.82 Å².